The Labute approximate surface area is 133 Å². The van der Waals surface area contributed by atoms with Crippen molar-refractivity contribution < 1.29 is 17.9 Å². The minimum atomic E-state index is -2.56. The van der Waals surface area contributed by atoms with E-state index >= 15 is 4.39 Å². The van der Waals surface area contributed by atoms with E-state index in [0.717, 1.165) is 0 Å². The van der Waals surface area contributed by atoms with E-state index in [0.29, 0.717) is 18.5 Å². The first-order chi connectivity index (χ1) is 11.0. The molecule has 1 aliphatic rings. The van der Waals surface area contributed by atoms with E-state index < -0.39 is 23.9 Å². The smallest absolute Gasteiger partial charge is 0.342 e. The summed E-state index contributed by atoms with van der Waals surface area (Å²) in [4.78, 5) is 1.24. The lowest BCUT2D eigenvalue weighted by Gasteiger charge is -2.44. The lowest BCUT2D eigenvalue weighted by Crippen LogP contribution is -2.60. The van der Waals surface area contributed by atoms with Crippen molar-refractivity contribution in [2.75, 3.05) is 13.6 Å². The van der Waals surface area contributed by atoms with Gasteiger partial charge in [-0.15, -0.1) is 0 Å². The van der Waals surface area contributed by atoms with E-state index in [-0.39, 0.29) is 5.75 Å². The molecule has 1 fully saturated rings. The van der Waals surface area contributed by atoms with E-state index in [2.05, 4.69) is 0 Å². The molecule has 122 valence electrons. The maximum atomic E-state index is 15.3. The largest absolute Gasteiger partial charge is 0.443 e. The van der Waals surface area contributed by atoms with Crippen molar-refractivity contribution in [3.8, 4) is 5.75 Å². The molecule has 2 aromatic carbocycles. The predicted molar refractivity (Wildman–Crippen MR) is 82.2 cm³/mol. The van der Waals surface area contributed by atoms with Gasteiger partial charge in [-0.1, -0.05) is 30.3 Å². The Hall–Kier alpha value is -2.01. The van der Waals surface area contributed by atoms with Crippen molar-refractivity contribution in [2.45, 2.75) is 24.5 Å². The zero-order valence-electron chi connectivity index (χ0n) is 12.8. The second kappa shape index (κ2) is 6.24. The van der Waals surface area contributed by atoms with Crippen LogP contribution in [0.25, 0.3) is 0 Å². The molecule has 0 aromatic heterocycles. The van der Waals surface area contributed by atoms with Crippen LogP contribution in [0.4, 0.5) is 13.2 Å². The van der Waals surface area contributed by atoms with Crippen molar-refractivity contribution in [3.05, 3.63) is 66.0 Å². The summed E-state index contributed by atoms with van der Waals surface area (Å²) < 4.78 is 48.7. The van der Waals surface area contributed by atoms with Gasteiger partial charge >= 0.3 is 5.98 Å². The van der Waals surface area contributed by atoms with Gasteiger partial charge in [-0.3, -0.25) is 0 Å². The summed E-state index contributed by atoms with van der Waals surface area (Å²) in [5.74, 6) is -3.37. The van der Waals surface area contributed by atoms with Gasteiger partial charge in [-0.05, 0) is 43.3 Å². The number of ether oxygens (including phenoxy) is 1. The molecular formula is C18H18F3NO. The second-order valence-electron chi connectivity index (χ2n) is 5.79. The summed E-state index contributed by atoms with van der Waals surface area (Å²) in [5.41, 5.74) is 0.575. The molecule has 5 heteroatoms. The van der Waals surface area contributed by atoms with E-state index in [1.807, 2.05) is 0 Å². The van der Waals surface area contributed by atoms with Crippen LogP contribution in [-0.2, 0) is 0 Å². The summed E-state index contributed by atoms with van der Waals surface area (Å²) in [7, 11) is 1.50. The first-order valence-corrected chi connectivity index (χ1v) is 7.54. The highest BCUT2D eigenvalue weighted by Gasteiger charge is 2.53. The highest BCUT2D eigenvalue weighted by atomic mass is 19.2. The number of nitrogens with zero attached hydrogens (tertiary/aromatic N) is 1. The van der Waals surface area contributed by atoms with E-state index in [1.165, 1.54) is 36.2 Å². The van der Waals surface area contributed by atoms with E-state index in [9.17, 15) is 8.78 Å². The van der Waals surface area contributed by atoms with Gasteiger partial charge in [0.25, 0.3) is 0 Å². The molecule has 0 saturated carbocycles. The molecule has 3 atom stereocenters. The third kappa shape index (κ3) is 3.06. The van der Waals surface area contributed by atoms with Gasteiger partial charge in [-0.2, -0.15) is 4.39 Å². The Balaban J connectivity index is 1.87. The number of benzene rings is 2. The number of likely N-dealkylation sites (tertiary alicyclic amines) is 1. The van der Waals surface area contributed by atoms with Crippen LogP contribution in [0.3, 0.4) is 0 Å². The Morgan fingerprint density at radius 2 is 1.74 bits per heavy atom. The molecule has 2 aromatic rings. The Bertz CT molecular complexity index is 649. The van der Waals surface area contributed by atoms with Crippen LogP contribution in [0, 0.1) is 5.82 Å². The molecular weight excluding hydrogens is 303 g/mol. The maximum Gasteiger partial charge on any atom is 0.342 e. The average Bonchev–Trinajstić information content (AvgIpc) is 2.55. The number of halogens is 3. The van der Waals surface area contributed by atoms with Gasteiger partial charge in [-0.25, -0.2) is 13.7 Å². The summed E-state index contributed by atoms with van der Waals surface area (Å²) in [6, 6.07) is 13.9. The average molecular weight is 321 g/mol. The van der Waals surface area contributed by atoms with Gasteiger partial charge in [0.2, 0.25) is 0 Å². The molecule has 2 nitrogen and oxygen atoms in total. The number of hydrogen-bond donors (Lipinski definition) is 0. The van der Waals surface area contributed by atoms with Crippen LogP contribution in [0.1, 0.15) is 17.9 Å². The maximum absolute atomic E-state index is 15.3. The predicted octanol–water partition coefficient (Wildman–Crippen LogP) is 4.29. The number of alkyl halides is 2. The molecule has 3 rings (SSSR count). The van der Waals surface area contributed by atoms with Crippen molar-refractivity contribution in [2.24, 2.45) is 0 Å². The molecule has 0 spiro atoms. The monoisotopic (exact) mass is 321 g/mol. The Kier molecular flexibility index (Phi) is 4.31. The molecule has 3 unspecified atom stereocenters. The van der Waals surface area contributed by atoms with Crippen LogP contribution in [-0.4, -0.2) is 30.6 Å². The standard InChI is InChI=1S/C18H18F3NO/c1-22-12-11-16(13-7-9-14(19)10-8-13)17(20)18(22,21)23-15-5-3-2-4-6-15/h2-10,16-17H,11-12H2,1H3. The van der Waals surface area contributed by atoms with Gasteiger partial charge in [0.05, 0.1) is 0 Å². The van der Waals surface area contributed by atoms with Crippen LogP contribution < -0.4 is 4.74 Å². The van der Waals surface area contributed by atoms with Crippen molar-refractivity contribution in [1.29, 1.82) is 0 Å². The fourth-order valence-corrected chi connectivity index (χ4v) is 2.92. The molecule has 0 amide bonds. The van der Waals surface area contributed by atoms with Crippen LogP contribution in [0.5, 0.6) is 5.75 Å². The molecule has 1 saturated heterocycles. The minimum absolute atomic E-state index is 0.268. The van der Waals surface area contributed by atoms with E-state index in [4.69, 9.17) is 4.74 Å². The zero-order chi connectivity index (χ0) is 16.4. The fraction of sp³-hybridized carbons (Fsp3) is 0.333. The Morgan fingerprint density at radius 1 is 1.09 bits per heavy atom. The summed E-state index contributed by atoms with van der Waals surface area (Å²) in [5, 5.41) is 0. The first-order valence-electron chi connectivity index (χ1n) is 7.54. The minimum Gasteiger partial charge on any atom is -0.443 e. The topological polar surface area (TPSA) is 12.5 Å². The highest BCUT2D eigenvalue weighted by Crippen LogP contribution is 2.41. The van der Waals surface area contributed by atoms with Crippen LogP contribution >= 0.6 is 0 Å². The third-order valence-electron chi connectivity index (χ3n) is 4.29. The SMILES string of the molecule is CN1CCC(c2ccc(F)cc2)C(F)C1(F)Oc1ccccc1. The number of piperidine rings is 1. The molecule has 1 aliphatic heterocycles. The normalized spacial score (nSPS) is 28.5. The highest BCUT2D eigenvalue weighted by molar-refractivity contribution is 5.25. The van der Waals surface area contributed by atoms with Crippen molar-refractivity contribution in [3.63, 3.8) is 0 Å². The molecule has 23 heavy (non-hydrogen) atoms. The zero-order valence-corrected chi connectivity index (χ0v) is 12.8. The molecule has 0 N–H and O–H groups in total. The van der Waals surface area contributed by atoms with Crippen molar-refractivity contribution in [1.82, 2.24) is 4.90 Å². The molecule has 1 heterocycles. The van der Waals surface area contributed by atoms with Gasteiger partial charge < -0.3 is 4.74 Å². The summed E-state index contributed by atoms with van der Waals surface area (Å²) in [6.45, 7) is 0.339. The van der Waals surface area contributed by atoms with Gasteiger partial charge in [0.15, 0.2) is 6.17 Å². The third-order valence-corrected chi connectivity index (χ3v) is 4.29. The van der Waals surface area contributed by atoms with E-state index in [1.54, 1.807) is 30.3 Å². The lowest BCUT2D eigenvalue weighted by atomic mass is 9.86. The second-order valence-corrected chi connectivity index (χ2v) is 5.79. The fourth-order valence-electron chi connectivity index (χ4n) is 2.92. The summed E-state index contributed by atoms with van der Waals surface area (Å²) >= 11 is 0. The number of rotatable bonds is 3. The van der Waals surface area contributed by atoms with Gasteiger partial charge in [0, 0.05) is 12.5 Å². The number of para-hydroxylation sites is 1. The lowest BCUT2D eigenvalue weighted by molar-refractivity contribution is -0.240. The van der Waals surface area contributed by atoms with Crippen LogP contribution in [0.15, 0.2) is 54.6 Å². The quantitative estimate of drug-likeness (QED) is 0.782. The summed E-state index contributed by atoms with van der Waals surface area (Å²) in [6.07, 6.45) is -1.44. The molecule has 0 bridgehead atoms. The molecule has 0 radical (unpaired) electrons. The first kappa shape index (κ1) is 15.9. The Morgan fingerprint density at radius 3 is 2.39 bits per heavy atom. The van der Waals surface area contributed by atoms with Gasteiger partial charge in [0.1, 0.15) is 11.6 Å². The van der Waals surface area contributed by atoms with Crippen molar-refractivity contribution >= 4 is 0 Å². The number of hydrogen-bond acceptors (Lipinski definition) is 2. The molecule has 0 aliphatic carbocycles. The van der Waals surface area contributed by atoms with Crippen LogP contribution in [0.2, 0.25) is 0 Å².